The number of nitrogens with zero attached hydrogens (tertiary/aromatic N) is 1. The minimum absolute atomic E-state index is 0.0395. The van der Waals surface area contributed by atoms with Crippen LogP contribution in [0.1, 0.15) is 28.7 Å². The first-order valence-corrected chi connectivity index (χ1v) is 14.8. The van der Waals surface area contributed by atoms with E-state index in [2.05, 4.69) is 0 Å². The van der Waals surface area contributed by atoms with Gasteiger partial charge in [0.25, 0.3) is 5.91 Å². The molecule has 47 heavy (non-hydrogen) atoms. The van der Waals surface area contributed by atoms with E-state index in [-0.39, 0.29) is 36.3 Å². The molecule has 6 rings (SSSR count). The molecule has 0 aliphatic heterocycles. The highest BCUT2D eigenvalue weighted by Gasteiger charge is 2.65. The van der Waals surface area contributed by atoms with Gasteiger partial charge in [0.05, 0.1) is 17.2 Å². The molecule has 0 saturated heterocycles. The lowest BCUT2D eigenvalue weighted by Gasteiger charge is -2.50. The number of aliphatic hydroxyl groups excluding tert-OH is 1. The second kappa shape index (κ2) is 11.4. The summed E-state index contributed by atoms with van der Waals surface area (Å²) in [5.74, 6) is -6.65. The molecule has 0 bridgehead atoms. The van der Waals surface area contributed by atoms with E-state index in [0.29, 0.717) is 16.7 Å². The van der Waals surface area contributed by atoms with Crippen molar-refractivity contribution in [2.75, 3.05) is 14.1 Å². The highest BCUT2D eigenvalue weighted by atomic mass is 19.4. The van der Waals surface area contributed by atoms with Gasteiger partial charge in [0.1, 0.15) is 29.4 Å². The molecule has 3 aromatic rings. The number of hydrogen-bond acceptors (Lipinski definition) is 8. The topological polar surface area (TPSA) is 150 Å². The van der Waals surface area contributed by atoms with Gasteiger partial charge >= 0.3 is 6.18 Å². The van der Waals surface area contributed by atoms with E-state index in [1.165, 1.54) is 24.3 Å². The predicted molar refractivity (Wildman–Crippen MR) is 163 cm³/mol. The number of carbonyl (C=O) groups excluding carboxylic acids is 3. The van der Waals surface area contributed by atoms with Crippen LogP contribution in [0.2, 0.25) is 0 Å². The normalized spacial score (nSPS) is 24.2. The van der Waals surface area contributed by atoms with E-state index in [0.717, 1.165) is 17.7 Å². The predicted octanol–water partition coefficient (Wildman–Crippen LogP) is 4.31. The highest BCUT2D eigenvalue weighted by Crippen LogP contribution is 2.53. The van der Waals surface area contributed by atoms with Gasteiger partial charge in [0.15, 0.2) is 5.60 Å². The highest BCUT2D eigenvalue weighted by molar-refractivity contribution is 6.33. The SMILES string of the molecule is CN(C)C1C(OCc2ccccc2)=C(C(N)=O)C(=O)C2(O)C(=O)C3=C(O)c4c(O)ccc(-c5ccc(C(F)(F)F)cc5)c4CC3CC12. The molecule has 9 nitrogen and oxygen atoms in total. The number of nitrogens with two attached hydrogens (primary N) is 1. The number of halogens is 3. The largest absolute Gasteiger partial charge is 0.507 e. The number of likely N-dealkylation sites (N-methyl/N-ethyl adjacent to an activating group) is 1. The van der Waals surface area contributed by atoms with Crippen LogP contribution in [-0.2, 0) is 38.3 Å². The number of carbonyl (C=O) groups is 3. The van der Waals surface area contributed by atoms with Crippen LogP contribution in [0.15, 0.2) is 83.6 Å². The number of rotatable bonds is 6. The van der Waals surface area contributed by atoms with Crippen LogP contribution in [0.4, 0.5) is 13.2 Å². The van der Waals surface area contributed by atoms with E-state index in [9.17, 15) is 42.9 Å². The van der Waals surface area contributed by atoms with Crippen molar-refractivity contribution < 1.29 is 47.6 Å². The first kappa shape index (κ1) is 32.0. The zero-order chi connectivity index (χ0) is 34.0. The third kappa shape index (κ3) is 5.08. The summed E-state index contributed by atoms with van der Waals surface area (Å²) in [7, 11) is 3.27. The van der Waals surface area contributed by atoms with Gasteiger partial charge in [-0.05, 0) is 73.3 Å². The summed E-state index contributed by atoms with van der Waals surface area (Å²) in [6, 6.07) is 15.1. The third-order valence-corrected chi connectivity index (χ3v) is 9.34. The molecule has 244 valence electrons. The summed E-state index contributed by atoms with van der Waals surface area (Å²) in [6.45, 7) is -0.0395. The Morgan fingerprint density at radius 3 is 2.26 bits per heavy atom. The summed E-state index contributed by atoms with van der Waals surface area (Å²) in [6.07, 6.45) is -4.55. The minimum Gasteiger partial charge on any atom is -0.507 e. The van der Waals surface area contributed by atoms with Gasteiger partial charge < -0.3 is 25.8 Å². The number of benzene rings is 3. The molecule has 4 atom stereocenters. The number of phenolic OH excluding ortho intramolecular Hbond substituents is 1. The number of fused-ring (bicyclic) bond motifs is 3. The number of ketones is 2. The number of Topliss-reactive ketones (excluding diaryl/α,β-unsaturated/α-hetero) is 2. The monoisotopic (exact) mass is 648 g/mol. The molecule has 12 heteroatoms. The quantitative estimate of drug-likeness (QED) is 0.228. The molecule has 5 N–H and O–H groups in total. The number of alkyl halides is 3. The number of phenols is 1. The molecule has 1 amide bonds. The molecule has 4 unspecified atom stereocenters. The molecule has 1 fully saturated rings. The third-order valence-electron chi connectivity index (χ3n) is 9.34. The minimum atomic E-state index is -4.55. The fourth-order valence-corrected chi connectivity index (χ4v) is 7.22. The Balaban J connectivity index is 1.47. The average molecular weight is 649 g/mol. The van der Waals surface area contributed by atoms with Gasteiger partial charge in [0, 0.05) is 11.5 Å². The van der Waals surface area contributed by atoms with Crippen LogP contribution in [0.25, 0.3) is 16.9 Å². The maximum atomic E-state index is 14.3. The van der Waals surface area contributed by atoms with Gasteiger partial charge in [-0.1, -0.05) is 48.5 Å². The Morgan fingerprint density at radius 2 is 1.66 bits per heavy atom. The summed E-state index contributed by atoms with van der Waals surface area (Å²) >= 11 is 0. The zero-order valence-electron chi connectivity index (χ0n) is 25.3. The summed E-state index contributed by atoms with van der Waals surface area (Å²) in [5, 5.41) is 34.4. The van der Waals surface area contributed by atoms with Crippen LogP contribution in [0.5, 0.6) is 5.75 Å². The van der Waals surface area contributed by atoms with Crippen LogP contribution < -0.4 is 5.73 Å². The molecule has 3 aliphatic rings. The van der Waals surface area contributed by atoms with Gasteiger partial charge in [-0.25, -0.2) is 0 Å². The molecular formula is C35H31F3N2O7. The van der Waals surface area contributed by atoms with Crippen molar-refractivity contribution in [3.05, 3.63) is 106 Å². The zero-order valence-corrected chi connectivity index (χ0v) is 25.3. The number of aromatic hydroxyl groups is 1. The van der Waals surface area contributed by atoms with Crippen molar-refractivity contribution in [2.24, 2.45) is 17.6 Å². The Bertz CT molecular complexity index is 1870. The van der Waals surface area contributed by atoms with E-state index in [4.69, 9.17) is 10.5 Å². The van der Waals surface area contributed by atoms with Crippen molar-refractivity contribution in [1.29, 1.82) is 0 Å². The van der Waals surface area contributed by atoms with Crippen molar-refractivity contribution in [3.8, 4) is 16.9 Å². The number of ether oxygens (including phenoxy) is 1. The van der Waals surface area contributed by atoms with Gasteiger partial charge in [-0.15, -0.1) is 0 Å². The summed E-state index contributed by atoms with van der Waals surface area (Å²) in [5.41, 5.74) is 2.85. The van der Waals surface area contributed by atoms with E-state index >= 15 is 0 Å². The average Bonchev–Trinajstić information content (AvgIpc) is 3.01. The maximum Gasteiger partial charge on any atom is 0.416 e. The van der Waals surface area contributed by atoms with Crippen LogP contribution in [0.3, 0.4) is 0 Å². The molecule has 0 aromatic heterocycles. The first-order valence-electron chi connectivity index (χ1n) is 14.8. The Hall–Kier alpha value is -4.94. The lowest BCUT2D eigenvalue weighted by molar-refractivity contribution is -0.162. The number of primary amides is 1. The second-order valence-electron chi connectivity index (χ2n) is 12.3. The molecular weight excluding hydrogens is 617 g/mol. The number of amides is 1. The Morgan fingerprint density at radius 1 is 1.00 bits per heavy atom. The smallest absolute Gasteiger partial charge is 0.416 e. The van der Waals surface area contributed by atoms with Crippen molar-refractivity contribution in [2.45, 2.75) is 37.3 Å². The molecule has 0 radical (unpaired) electrons. The second-order valence-corrected chi connectivity index (χ2v) is 12.3. The van der Waals surface area contributed by atoms with E-state index in [1.54, 1.807) is 43.3 Å². The maximum absolute atomic E-state index is 14.3. The molecule has 0 heterocycles. The lowest BCUT2D eigenvalue weighted by Crippen LogP contribution is -2.67. The van der Waals surface area contributed by atoms with Crippen molar-refractivity contribution >= 4 is 23.2 Å². The standard InChI is InChI=1S/C35H31F3N2O7/c1-40(2)28-23-15-19-14-22-21(18-8-10-20(11-9-18)35(36,37)38)12-13-24(41)26(22)29(42)25(19)31(43)34(23,46)32(44)27(33(39)45)30(28)47-16-17-6-4-3-5-7-17/h3-13,19,23,28,41-42,46H,14-16H2,1-2H3,(H2,39,45). The Labute approximate surface area is 267 Å². The molecule has 1 saturated carbocycles. The van der Waals surface area contributed by atoms with E-state index in [1.807, 2.05) is 6.07 Å². The molecule has 3 aromatic carbocycles. The first-order chi connectivity index (χ1) is 22.2. The fraction of sp³-hybridized carbons (Fsp3) is 0.286. The van der Waals surface area contributed by atoms with Crippen LogP contribution in [0, 0.1) is 11.8 Å². The van der Waals surface area contributed by atoms with Crippen LogP contribution in [-0.4, -0.2) is 63.4 Å². The van der Waals surface area contributed by atoms with Gasteiger partial charge in [-0.2, -0.15) is 13.2 Å². The fourth-order valence-electron chi connectivity index (χ4n) is 7.22. The molecule has 3 aliphatic carbocycles. The number of hydrogen-bond donors (Lipinski definition) is 4. The molecule has 0 spiro atoms. The van der Waals surface area contributed by atoms with Crippen molar-refractivity contribution in [1.82, 2.24) is 4.90 Å². The Kier molecular flexibility index (Phi) is 7.76. The van der Waals surface area contributed by atoms with E-state index < -0.39 is 69.8 Å². The van der Waals surface area contributed by atoms with Crippen LogP contribution >= 0.6 is 0 Å². The van der Waals surface area contributed by atoms with Crippen molar-refractivity contribution in [3.63, 3.8) is 0 Å². The summed E-state index contributed by atoms with van der Waals surface area (Å²) < 4.78 is 45.8. The number of aliphatic hydroxyl groups is 2. The van der Waals surface area contributed by atoms with Gasteiger partial charge in [-0.3, -0.25) is 19.3 Å². The van der Waals surface area contributed by atoms with Gasteiger partial charge in [0.2, 0.25) is 11.6 Å². The lowest BCUT2D eigenvalue weighted by atomic mass is 9.57. The summed E-state index contributed by atoms with van der Waals surface area (Å²) in [4.78, 5) is 42.6.